The molecule has 1 spiro atoms. The third-order valence-electron chi connectivity index (χ3n) is 4.50. The summed E-state index contributed by atoms with van der Waals surface area (Å²) in [5.74, 6) is 0.496. The van der Waals surface area contributed by atoms with Crippen molar-refractivity contribution in [3.8, 4) is 11.1 Å². The molecule has 2 heterocycles. The van der Waals surface area contributed by atoms with Crippen molar-refractivity contribution in [3.05, 3.63) is 42.7 Å². The van der Waals surface area contributed by atoms with Gasteiger partial charge >= 0.3 is 6.03 Å². The van der Waals surface area contributed by atoms with Crippen LogP contribution in [0.5, 0.6) is 0 Å². The average molecular weight is 280 g/mol. The van der Waals surface area contributed by atoms with Gasteiger partial charge in [-0.3, -0.25) is 4.90 Å². The summed E-state index contributed by atoms with van der Waals surface area (Å²) in [4.78, 5) is 24.6. The van der Waals surface area contributed by atoms with Gasteiger partial charge in [0.2, 0.25) is 5.95 Å². The van der Waals surface area contributed by atoms with Crippen molar-refractivity contribution in [1.29, 1.82) is 0 Å². The summed E-state index contributed by atoms with van der Waals surface area (Å²) in [6, 6.07) is 9.99. The van der Waals surface area contributed by atoms with Crippen molar-refractivity contribution in [2.45, 2.75) is 18.4 Å². The summed E-state index contributed by atoms with van der Waals surface area (Å²) in [5, 5.41) is 0. The quantitative estimate of drug-likeness (QED) is 0.849. The van der Waals surface area contributed by atoms with Crippen LogP contribution in [0.2, 0.25) is 0 Å². The van der Waals surface area contributed by atoms with Gasteiger partial charge in [0.15, 0.2) is 0 Å². The van der Waals surface area contributed by atoms with Crippen molar-refractivity contribution >= 4 is 12.0 Å². The summed E-state index contributed by atoms with van der Waals surface area (Å²) in [5.41, 5.74) is 2.08. The maximum absolute atomic E-state index is 12.3. The number of carbonyl (C=O) groups is 1. The van der Waals surface area contributed by atoms with Crippen LogP contribution < -0.4 is 4.90 Å². The summed E-state index contributed by atoms with van der Waals surface area (Å²) in [7, 11) is 1.87. The van der Waals surface area contributed by atoms with E-state index in [1.54, 1.807) is 17.3 Å². The number of hydrogen-bond acceptors (Lipinski definition) is 3. The number of nitrogens with zero attached hydrogens (tertiary/aromatic N) is 4. The van der Waals surface area contributed by atoms with E-state index in [0.717, 1.165) is 24.0 Å². The minimum Gasteiger partial charge on any atom is -0.320 e. The first-order chi connectivity index (χ1) is 10.2. The molecule has 1 saturated carbocycles. The fourth-order valence-electron chi connectivity index (χ4n) is 2.89. The number of rotatable bonds is 2. The molecule has 4 rings (SSSR count). The van der Waals surface area contributed by atoms with E-state index in [1.807, 2.05) is 42.3 Å². The first kappa shape index (κ1) is 12.3. The number of anilines is 1. The highest BCUT2D eigenvalue weighted by Gasteiger charge is 2.56. The second-order valence-electron chi connectivity index (χ2n) is 5.79. The fraction of sp³-hybridized carbons (Fsp3) is 0.312. The van der Waals surface area contributed by atoms with Crippen LogP contribution in [-0.4, -0.2) is 40.0 Å². The van der Waals surface area contributed by atoms with Crippen molar-refractivity contribution in [1.82, 2.24) is 14.9 Å². The van der Waals surface area contributed by atoms with Gasteiger partial charge < -0.3 is 4.90 Å². The summed E-state index contributed by atoms with van der Waals surface area (Å²) in [6.45, 7) is 0.701. The molecule has 1 saturated heterocycles. The molecule has 0 bridgehead atoms. The molecule has 2 amide bonds. The highest BCUT2D eigenvalue weighted by Crippen LogP contribution is 2.46. The van der Waals surface area contributed by atoms with Crippen molar-refractivity contribution in [2.75, 3.05) is 18.5 Å². The van der Waals surface area contributed by atoms with Gasteiger partial charge in [-0.05, 0) is 18.4 Å². The molecular weight excluding hydrogens is 264 g/mol. The van der Waals surface area contributed by atoms with E-state index >= 15 is 0 Å². The molecule has 2 fully saturated rings. The summed E-state index contributed by atoms with van der Waals surface area (Å²) < 4.78 is 0. The van der Waals surface area contributed by atoms with E-state index in [1.165, 1.54) is 0 Å². The smallest absolute Gasteiger partial charge is 0.320 e. The molecule has 0 unspecified atom stereocenters. The molecule has 0 N–H and O–H groups in total. The van der Waals surface area contributed by atoms with Crippen LogP contribution in [-0.2, 0) is 0 Å². The van der Waals surface area contributed by atoms with E-state index in [2.05, 4.69) is 9.97 Å². The maximum Gasteiger partial charge on any atom is 0.327 e. The van der Waals surface area contributed by atoms with Crippen LogP contribution >= 0.6 is 0 Å². The number of urea groups is 1. The Morgan fingerprint density at radius 3 is 2.29 bits per heavy atom. The molecular formula is C16H16N4O. The Hall–Kier alpha value is -2.43. The Labute approximate surface area is 123 Å². The molecule has 21 heavy (non-hydrogen) atoms. The molecule has 0 atom stereocenters. The molecule has 2 aliphatic rings. The SMILES string of the molecule is CN1C(=O)N(c2ncc(-c3ccccc3)cn2)CC12CC2. The molecule has 0 radical (unpaired) electrons. The zero-order chi connectivity index (χ0) is 14.4. The van der Waals surface area contributed by atoms with E-state index in [4.69, 9.17) is 0 Å². The normalized spacial score (nSPS) is 19.4. The van der Waals surface area contributed by atoms with Gasteiger partial charge in [0, 0.05) is 25.0 Å². The van der Waals surface area contributed by atoms with Gasteiger partial charge in [-0.2, -0.15) is 0 Å². The standard InChI is InChI=1S/C16H16N4O/c1-19-15(21)20(11-16(19)7-8-16)14-17-9-13(10-18-14)12-5-3-2-4-6-12/h2-6,9-10H,7-8,11H2,1H3. The van der Waals surface area contributed by atoms with Crippen LogP contribution in [0.3, 0.4) is 0 Å². The average Bonchev–Trinajstić information content (AvgIpc) is 3.28. The van der Waals surface area contributed by atoms with Gasteiger partial charge in [0.25, 0.3) is 0 Å². The number of amides is 2. The highest BCUT2D eigenvalue weighted by molar-refractivity contribution is 5.94. The number of benzene rings is 1. The monoisotopic (exact) mass is 280 g/mol. The minimum atomic E-state index is -0.0000360. The molecule has 106 valence electrons. The topological polar surface area (TPSA) is 49.3 Å². The minimum absolute atomic E-state index is 0.0000360. The second kappa shape index (κ2) is 4.28. The molecule has 1 aliphatic carbocycles. The lowest BCUT2D eigenvalue weighted by atomic mass is 10.1. The largest absolute Gasteiger partial charge is 0.327 e. The highest BCUT2D eigenvalue weighted by atomic mass is 16.2. The number of hydrogen-bond donors (Lipinski definition) is 0. The molecule has 2 aromatic rings. The number of carbonyl (C=O) groups excluding carboxylic acids is 1. The number of aromatic nitrogens is 2. The van der Waals surface area contributed by atoms with Gasteiger partial charge in [-0.15, -0.1) is 0 Å². The van der Waals surface area contributed by atoms with Gasteiger partial charge in [-0.25, -0.2) is 14.8 Å². The zero-order valence-corrected chi connectivity index (χ0v) is 11.9. The van der Waals surface area contributed by atoms with Crippen LogP contribution in [0.25, 0.3) is 11.1 Å². The van der Waals surface area contributed by atoms with Gasteiger partial charge in [0.05, 0.1) is 12.1 Å². The van der Waals surface area contributed by atoms with Crippen LogP contribution in [0.1, 0.15) is 12.8 Å². The molecule has 5 nitrogen and oxygen atoms in total. The Morgan fingerprint density at radius 1 is 1.05 bits per heavy atom. The van der Waals surface area contributed by atoms with E-state index in [0.29, 0.717) is 12.5 Å². The Kier molecular flexibility index (Phi) is 2.51. The maximum atomic E-state index is 12.3. The van der Waals surface area contributed by atoms with Crippen LogP contribution in [0, 0.1) is 0 Å². The third kappa shape index (κ3) is 1.88. The van der Waals surface area contributed by atoms with Crippen LogP contribution in [0.15, 0.2) is 42.7 Å². The first-order valence-corrected chi connectivity index (χ1v) is 7.12. The lowest BCUT2D eigenvalue weighted by molar-refractivity contribution is 0.215. The molecule has 1 aromatic heterocycles. The predicted octanol–water partition coefficient (Wildman–Crippen LogP) is 2.55. The molecule has 1 aliphatic heterocycles. The lowest BCUT2D eigenvalue weighted by Crippen LogP contribution is -2.32. The first-order valence-electron chi connectivity index (χ1n) is 7.12. The number of likely N-dealkylation sites (N-methyl/N-ethyl adjacent to an activating group) is 1. The van der Waals surface area contributed by atoms with E-state index in [-0.39, 0.29) is 11.6 Å². The Bertz CT molecular complexity index is 679. The Balaban J connectivity index is 1.61. The van der Waals surface area contributed by atoms with Gasteiger partial charge in [0.1, 0.15) is 0 Å². The lowest BCUT2D eigenvalue weighted by Gasteiger charge is -2.15. The van der Waals surface area contributed by atoms with Crippen molar-refractivity contribution < 1.29 is 4.79 Å². The third-order valence-corrected chi connectivity index (χ3v) is 4.50. The fourth-order valence-corrected chi connectivity index (χ4v) is 2.89. The summed E-state index contributed by atoms with van der Waals surface area (Å²) >= 11 is 0. The van der Waals surface area contributed by atoms with Crippen LogP contribution in [0.4, 0.5) is 10.7 Å². The van der Waals surface area contributed by atoms with Crippen molar-refractivity contribution in [2.24, 2.45) is 0 Å². The second-order valence-corrected chi connectivity index (χ2v) is 5.79. The van der Waals surface area contributed by atoms with Gasteiger partial charge in [-0.1, -0.05) is 30.3 Å². The predicted molar refractivity (Wildman–Crippen MR) is 79.9 cm³/mol. The van der Waals surface area contributed by atoms with E-state index in [9.17, 15) is 4.79 Å². The van der Waals surface area contributed by atoms with E-state index < -0.39 is 0 Å². The Morgan fingerprint density at radius 2 is 1.71 bits per heavy atom. The zero-order valence-electron chi connectivity index (χ0n) is 11.9. The molecule has 5 heteroatoms. The molecule has 1 aromatic carbocycles. The summed E-state index contributed by atoms with van der Waals surface area (Å²) in [6.07, 6.45) is 5.72. The van der Waals surface area contributed by atoms with Crippen molar-refractivity contribution in [3.63, 3.8) is 0 Å².